The predicted octanol–water partition coefficient (Wildman–Crippen LogP) is 0.404. The molecule has 1 aliphatic rings. The summed E-state index contributed by atoms with van der Waals surface area (Å²) in [5.74, 6) is 0.894. The van der Waals surface area contributed by atoms with E-state index in [1.54, 1.807) is 6.20 Å². The Morgan fingerprint density at radius 1 is 1.75 bits per heavy atom. The first-order valence-electron chi connectivity index (χ1n) is 2.48. The highest BCUT2D eigenvalue weighted by Gasteiger charge is 2.01. The number of aromatic nitrogens is 2. The number of hydrogen-bond acceptors (Lipinski definition) is 1. The minimum atomic E-state index is 0.884. The summed E-state index contributed by atoms with van der Waals surface area (Å²) in [6, 6.07) is 0. The van der Waals surface area contributed by atoms with E-state index >= 15 is 0 Å². The van der Waals surface area contributed by atoms with E-state index in [1.165, 1.54) is 0 Å². The van der Waals surface area contributed by atoms with Crippen molar-refractivity contribution in [3.63, 3.8) is 0 Å². The second-order valence-electron chi connectivity index (χ2n) is 1.67. The van der Waals surface area contributed by atoms with Crippen LogP contribution in [0.15, 0.2) is 12.3 Å². The van der Waals surface area contributed by atoms with E-state index in [4.69, 9.17) is 0 Å². The molecule has 2 nitrogen and oxygen atoms in total. The van der Waals surface area contributed by atoms with Gasteiger partial charge in [0, 0.05) is 12.6 Å². The first-order chi connectivity index (χ1) is 3.97. The molecule has 38 valence electrons. The third kappa shape index (κ3) is 0.346. The maximum absolute atomic E-state index is 3.96. The minimum Gasteiger partial charge on any atom is -0.319 e. The number of nitrogens with zero attached hydrogens (tertiary/aromatic N) is 2. The Balaban J connectivity index is 2.67. The van der Waals surface area contributed by atoms with E-state index in [9.17, 15) is 0 Å². The van der Waals surface area contributed by atoms with Crippen LogP contribution in [0.25, 0.3) is 0 Å². The summed E-state index contributed by atoms with van der Waals surface area (Å²) in [5.41, 5.74) is 0. The second kappa shape index (κ2) is 1.22. The van der Waals surface area contributed by atoms with Crippen molar-refractivity contribution >= 4 is 0 Å². The Labute approximate surface area is 47.5 Å². The Bertz CT molecular complexity index is 222. The zero-order chi connectivity index (χ0) is 5.40. The molecule has 0 spiro atoms. The highest BCUT2D eigenvalue weighted by atomic mass is 15.1. The van der Waals surface area contributed by atoms with Crippen LogP contribution < -0.4 is 0 Å². The molecule has 0 fully saturated rings. The van der Waals surface area contributed by atoms with E-state index in [0.29, 0.717) is 0 Å². The van der Waals surface area contributed by atoms with Crippen molar-refractivity contribution in [3.05, 3.63) is 30.4 Å². The molecule has 8 heavy (non-hydrogen) atoms. The van der Waals surface area contributed by atoms with Crippen LogP contribution in [0.1, 0.15) is 5.82 Å². The van der Waals surface area contributed by atoms with Gasteiger partial charge in [0.05, 0.1) is 12.4 Å². The van der Waals surface area contributed by atoms with Crippen molar-refractivity contribution in [2.45, 2.75) is 6.54 Å². The number of allylic oxidation sites excluding steroid dienone is 1. The minimum absolute atomic E-state index is 0.884. The SMILES string of the molecule is [C]1=CCn2[c]cnc21. The molecule has 1 aromatic rings. The van der Waals surface area contributed by atoms with Crippen molar-refractivity contribution in [1.82, 2.24) is 9.55 Å². The molecule has 0 saturated carbocycles. The largest absolute Gasteiger partial charge is 0.319 e. The summed E-state index contributed by atoms with van der Waals surface area (Å²) in [5, 5.41) is 0. The molecular weight excluding hydrogens is 100 g/mol. The number of hydrogen-bond donors (Lipinski definition) is 0. The molecule has 0 N–H and O–H groups in total. The van der Waals surface area contributed by atoms with E-state index < -0.39 is 0 Å². The maximum Gasteiger partial charge on any atom is 0.141 e. The summed E-state index contributed by atoms with van der Waals surface area (Å²) in [4.78, 5) is 3.96. The van der Waals surface area contributed by atoms with Gasteiger partial charge in [0.1, 0.15) is 5.82 Å². The highest BCUT2D eigenvalue weighted by Crippen LogP contribution is 2.03. The topological polar surface area (TPSA) is 17.8 Å². The summed E-state index contributed by atoms with van der Waals surface area (Å²) in [6.07, 6.45) is 9.51. The van der Waals surface area contributed by atoms with Crippen LogP contribution in [0.3, 0.4) is 0 Å². The molecule has 2 heterocycles. The molecule has 2 rings (SSSR count). The number of imidazole rings is 1. The maximum atomic E-state index is 3.96. The van der Waals surface area contributed by atoms with Gasteiger partial charge in [0.25, 0.3) is 0 Å². The molecule has 0 bridgehead atoms. The van der Waals surface area contributed by atoms with Gasteiger partial charge in [-0.1, -0.05) is 6.08 Å². The highest BCUT2D eigenvalue weighted by molar-refractivity contribution is 5.09. The zero-order valence-corrected chi connectivity index (χ0v) is 4.26. The van der Waals surface area contributed by atoms with Gasteiger partial charge in [0.15, 0.2) is 0 Å². The van der Waals surface area contributed by atoms with Gasteiger partial charge in [-0.15, -0.1) is 0 Å². The lowest BCUT2D eigenvalue weighted by molar-refractivity contribution is 0.828. The molecule has 0 aliphatic carbocycles. The van der Waals surface area contributed by atoms with Gasteiger partial charge < -0.3 is 4.57 Å². The van der Waals surface area contributed by atoms with Crippen LogP contribution >= 0.6 is 0 Å². The molecule has 0 amide bonds. The molecule has 1 aliphatic heterocycles. The van der Waals surface area contributed by atoms with Gasteiger partial charge in [-0.3, -0.25) is 0 Å². The van der Waals surface area contributed by atoms with Crippen molar-refractivity contribution < 1.29 is 0 Å². The predicted molar refractivity (Wildman–Crippen MR) is 28.0 cm³/mol. The summed E-state index contributed by atoms with van der Waals surface area (Å²) in [7, 11) is 0. The fourth-order valence-corrected chi connectivity index (χ4v) is 0.773. The Morgan fingerprint density at radius 2 is 2.75 bits per heavy atom. The fraction of sp³-hybridized carbons (Fsp3) is 0.167. The van der Waals surface area contributed by atoms with E-state index in [1.807, 2.05) is 10.6 Å². The molecule has 2 heteroatoms. The van der Waals surface area contributed by atoms with Crippen LogP contribution in [0.5, 0.6) is 0 Å². The van der Waals surface area contributed by atoms with Gasteiger partial charge in [-0.05, 0) is 0 Å². The third-order valence-corrected chi connectivity index (χ3v) is 1.16. The quantitative estimate of drug-likeness (QED) is 0.466. The summed E-state index contributed by atoms with van der Waals surface area (Å²) >= 11 is 0. The van der Waals surface area contributed by atoms with Crippen molar-refractivity contribution in [2.75, 3.05) is 0 Å². The van der Waals surface area contributed by atoms with Gasteiger partial charge in [-0.25, -0.2) is 4.98 Å². The Hall–Kier alpha value is -1.05. The number of fused-ring (bicyclic) bond motifs is 1. The van der Waals surface area contributed by atoms with E-state index in [-0.39, 0.29) is 0 Å². The van der Waals surface area contributed by atoms with Crippen LogP contribution in [-0.2, 0) is 6.54 Å². The fourth-order valence-electron chi connectivity index (χ4n) is 0.773. The van der Waals surface area contributed by atoms with E-state index in [0.717, 1.165) is 12.4 Å². The van der Waals surface area contributed by atoms with Gasteiger partial charge in [0.2, 0.25) is 0 Å². The first kappa shape index (κ1) is 3.89. The summed E-state index contributed by atoms with van der Waals surface area (Å²) < 4.78 is 1.92. The van der Waals surface area contributed by atoms with Gasteiger partial charge in [-0.2, -0.15) is 0 Å². The summed E-state index contributed by atoms with van der Waals surface area (Å²) in [6.45, 7) is 0.884. The van der Waals surface area contributed by atoms with Crippen LogP contribution in [-0.4, -0.2) is 9.55 Å². The average Bonchev–Trinajstić information content (AvgIpc) is 2.15. The normalized spacial score (nSPS) is 14.5. The molecule has 0 aromatic carbocycles. The zero-order valence-electron chi connectivity index (χ0n) is 4.26. The first-order valence-corrected chi connectivity index (χ1v) is 2.48. The molecule has 1 aromatic heterocycles. The molecule has 0 atom stereocenters. The lowest BCUT2D eigenvalue weighted by Gasteiger charge is -1.87. The van der Waals surface area contributed by atoms with Gasteiger partial charge >= 0.3 is 0 Å². The molecule has 2 radical (unpaired) electrons. The molecule has 0 unspecified atom stereocenters. The standard InChI is InChI=1S/C6H4N2/c1-2-6-7-3-5-8(6)4-1/h1,3H,4H2. The van der Waals surface area contributed by atoms with E-state index in [2.05, 4.69) is 17.3 Å². The van der Waals surface area contributed by atoms with Crippen LogP contribution in [0, 0.1) is 12.3 Å². The second-order valence-corrected chi connectivity index (χ2v) is 1.67. The van der Waals surface area contributed by atoms with Crippen LogP contribution in [0.2, 0.25) is 0 Å². The monoisotopic (exact) mass is 104 g/mol. The van der Waals surface area contributed by atoms with Crippen molar-refractivity contribution in [3.8, 4) is 0 Å². The smallest absolute Gasteiger partial charge is 0.141 e. The lowest BCUT2D eigenvalue weighted by Crippen LogP contribution is -1.89. The molecular formula is C6H4N2. The molecule has 0 saturated heterocycles. The Kier molecular flexibility index (Phi) is 0.592. The average molecular weight is 104 g/mol. The van der Waals surface area contributed by atoms with Crippen molar-refractivity contribution in [2.24, 2.45) is 0 Å². The van der Waals surface area contributed by atoms with Crippen molar-refractivity contribution in [1.29, 1.82) is 0 Å². The Morgan fingerprint density at radius 3 is 3.62 bits per heavy atom. The number of rotatable bonds is 0. The van der Waals surface area contributed by atoms with Crippen LogP contribution in [0.4, 0.5) is 0 Å². The third-order valence-electron chi connectivity index (χ3n) is 1.16. The lowest BCUT2D eigenvalue weighted by atomic mass is 10.5.